The van der Waals surface area contributed by atoms with Crippen LogP contribution < -0.4 is 0 Å². The molecule has 0 aliphatic carbocycles. The van der Waals surface area contributed by atoms with E-state index in [0.717, 1.165) is 6.92 Å². The molecule has 0 heterocycles. The van der Waals surface area contributed by atoms with Crippen LogP contribution in [0.1, 0.15) is 11.1 Å². The Morgan fingerprint density at radius 3 is 2.17 bits per heavy atom. The fraction of sp³-hybridized carbons (Fsp3) is 0.250. The first-order chi connectivity index (χ1) is 7.94. The van der Waals surface area contributed by atoms with E-state index >= 15 is 0 Å². The molecule has 0 aromatic heterocycles. The first kappa shape index (κ1) is 14.7. The highest BCUT2D eigenvalue weighted by atomic mass is 35.7. The lowest BCUT2D eigenvalue weighted by molar-refractivity contribution is -0.385. The molecule has 0 aliphatic heterocycles. The van der Waals surface area contributed by atoms with Gasteiger partial charge in [-0.2, -0.15) is 13.2 Å². The highest BCUT2D eigenvalue weighted by molar-refractivity contribution is 8.13. The van der Waals surface area contributed by atoms with E-state index in [4.69, 9.17) is 10.7 Å². The van der Waals surface area contributed by atoms with Crippen LogP contribution >= 0.6 is 10.7 Å². The number of alkyl halides is 3. The van der Waals surface area contributed by atoms with E-state index in [-0.39, 0.29) is 12.1 Å². The number of hydrogen-bond donors (Lipinski definition) is 0. The molecule has 0 saturated carbocycles. The zero-order valence-electron chi connectivity index (χ0n) is 8.66. The van der Waals surface area contributed by atoms with Crippen molar-refractivity contribution < 1.29 is 26.5 Å². The monoisotopic (exact) mass is 303 g/mol. The van der Waals surface area contributed by atoms with Crippen LogP contribution in [0.25, 0.3) is 0 Å². The third-order valence-corrected chi connectivity index (χ3v) is 3.57. The van der Waals surface area contributed by atoms with Crippen LogP contribution in [0.4, 0.5) is 18.9 Å². The largest absolute Gasteiger partial charge is 0.416 e. The maximum atomic E-state index is 12.5. The Bertz CT molecular complexity index is 612. The summed E-state index contributed by atoms with van der Waals surface area (Å²) < 4.78 is 59.6. The molecule has 0 amide bonds. The van der Waals surface area contributed by atoms with Gasteiger partial charge in [0, 0.05) is 22.3 Å². The van der Waals surface area contributed by atoms with Crippen molar-refractivity contribution >= 4 is 25.4 Å². The van der Waals surface area contributed by atoms with Crippen molar-refractivity contribution in [3.05, 3.63) is 33.4 Å². The summed E-state index contributed by atoms with van der Waals surface area (Å²) in [6.07, 6.45) is -4.91. The first-order valence-electron chi connectivity index (χ1n) is 4.25. The van der Waals surface area contributed by atoms with E-state index in [1.807, 2.05) is 0 Å². The molecule has 0 unspecified atom stereocenters. The number of benzene rings is 1. The SMILES string of the molecule is Cc1c([N+](=O)[O-])cc(C(F)(F)F)cc1S(=O)(=O)Cl. The Kier molecular flexibility index (Phi) is 3.59. The summed E-state index contributed by atoms with van der Waals surface area (Å²) in [5, 5.41) is 10.6. The van der Waals surface area contributed by atoms with Gasteiger partial charge >= 0.3 is 6.18 Å². The molecule has 1 rings (SSSR count). The number of halogens is 4. The molecule has 0 fully saturated rings. The van der Waals surface area contributed by atoms with E-state index in [9.17, 15) is 31.7 Å². The first-order valence-corrected chi connectivity index (χ1v) is 6.56. The van der Waals surface area contributed by atoms with Gasteiger partial charge in [0.1, 0.15) is 0 Å². The minimum Gasteiger partial charge on any atom is -0.258 e. The van der Waals surface area contributed by atoms with Gasteiger partial charge in [-0.1, -0.05) is 0 Å². The molecule has 0 aliphatic rings. The highest BCUT2D eigenvalue weighted by Gasteiger charge is 2.35. The fourth-order valence-corrected chi connectivity index (χ4v) is 2.50. The van der Waals surface area contributed by atoms with Crippen molar-refractivity contribution in [1.82, 2.24) is 0 Å². The van der Waals surface area contributed by atoms with Crippen molar-refractivity contribution in [2.75, 3.05) is 0 Å². The zero-order chi connectivity index (χ0) is 14.3. The van der Waals surface area contributed by atoms with Gasteiger partial charge in [0.15, 0.2) is 0 Å². The lowest BCUT2D eigenvalue weighted by Gasteiger charge is -2.10. The maximum absolute atomic E-state index is 12.5. The second-order valence-corrected chi connectivity index (χ2v) is 5.85. The lowest BCUT2D eigenvalue weighted by Crippen LogP contribution is -2.09. The van der Waals surface area contributed by atoms with E-state index in [1.165, 1.54) is 0 Å². The molecule has 0 spiro atoms. The predicted molar refractivity (Wildman–Crippen MR) is 55.9 cm³/mol. The Balaban J connectivity index is 3.74. The van der Waals surface area contributed by atoms with Crippen LogP contribution in [0.3, 0.4) is 0 Å². The summed E-state index contributed by atoms with van der Waals surface area (Å²) >= 11 is 0. The molecule has 10 heteroatoms. The minimum atomic E-state index is -4.91. The number of nitro groups is 1. The van der Waals surface area contributed by atoms with Crippen LogP contribution in [-0.4, -0.2) is 13.3 Å². The molecule has 1 aromatic carbocycles. The average Bonchev–Trinajstić information content (AvgIpc) is 2.13. The fourth-order valence-electron chi connectivity index (χ4n) is 1.28. The number of rotatable bonds is 2. The molecule has 0 bridgehead atoms. The van der Waals surface area contributed by atoms with Gasteiger partial charge in [0.25, 0.3) is 14.7 Å². The van der Waals surface area contributed by atoms with Crippen molar-refractivity contribution in [2.24, 2.45) is 0 Å². The molecule has 1 aromatic rings. The molecule has 0 N–H and O–H groups in total. The van der Waals surface area contributed by atoms with E-state index in [1.54, 1.807) is 0 Å². The average molecular weight is 304 g/mol. The van der Waals surface area contributed by atoms with Crippen molar-refractivity contribution in [1.29, 1.82) is 0 Å². The second-order valence-electron chi connectivity index (χ2n) is 3.31. The summed E-state index contributed by atoms with van der Waals surface area (Å²) in [6.45, 7) is 1.01. The number of hydrogen-bond acceptors (Lipinski definition) is 4. The van der Waals surface area contributed by atoms with Crippen LogP contribution in [0.15, 0.2) is 17.0 Å². The van der Waals surface area contributed by atoms with Gasteiger partial charge in [0.2, 0.25) is 0 Å². The van der Waals surface area contributed by atoms with Crippen LogP contribution in [0, 0.1) is 17.0 Å². The molecule has 5 nitrogen and oxygen atoms in total. The van der Waals surface area contributed by atoms with E-state index < -0.39 is 41.9 Å². The Labute approximate surface area is 104 Å². The molecule has 100 valence electrons. The highest BCUT2D eigenvalue weighted by Crippen LogP contribution is 2.36. The molecular weight excluding hydrogens is 299 g/mol. The maximum Gasteiger partial charge on any atom is 0.416 e. The lowest BCUT2D eigenvalue weighted by atomic mass is 10.1. The summed E-state index contributed by atoms with van der Waals surface area (Å²) in [7, 11) is 0.440. The summed E-state index contributed by atoms with van der Waals surface area (Å²) in [6, 6.07) is 0.533. The van der Waals surface area contributed by atoms with Crippen molar-refractivity contribution in [2.45, 2.75) is 18.0 Å². The van der Waals surface area contributed by atoms with Crippen LogP contribution in [0.2, 0.25) is 0 Å². The summed E-state index contributed by atoms with van der Waals surface area (Å²) in [5.74, 6) is 0. The third kappa shape index (κ3) is 2.91. The predicted octanol–water partition coefficient (Wildman–Crippen LogP) is 2.85. The standard InChI is InChI=1S/C8H5ClF3NO4S/c1-4-6(13(14)15)2-5(8(10,11)12)3-7(4)18(9,16)17/h2-3H,1H3. The quantitative estimate of drug-likeness (QED) is 0.478. The van der Waals surface area contributed by atoms with Crippen molar-refractivity contribution in [3.63, 3.8) is 0 Å². The topological polar surface area (TPSA) is 77.3 Å². The number of nitrogens with zero attached hydrogens (tertiary/aromatic N) is 1. The smallest absolute Gasteiger partial charge is 0.258 e. The Morgan fingerprint density at radius 1 is 1.33 bits per heavy atom. The van der Waals surface area contributed by atoms with Crippen LogP contribution in [0.5, 0.6) is 0 Å². The van der Waals surface area contributed by atoms with Gasteiger partial charge in [-0.3, -0.25) is 10.1 Å². The normalized spacial score (nSPS) is 12.5. The Morgan fingerprint density at radius 2 is 1.83 bits per heavy atom. The van der Waals surface area contributed by atoms with Crippen LogP contribution in [-0.2, 0) is 15.2 Å². The van der Waals surface area contributed by atoms with Crippen molar-refractivity contribution in [3.8, 4) is 0 Å². The van der Waals surface area contributed by atoms with Gasteiger partial charge in [-0.15, -0.1) is 0 Å². The summed E-state index contributed by atoms with van der Waals surface area (Å²) in [5.41, 5.74) is -2.84. The molecular formula is C8H5ClF3NO4S. The second kappa shape index (κ2) is 4.39. The third-order valence-electron chi connectivity index (χ3n) is 2.12. The molecule has 18 heavy (non-hydrogen) atoms. The van der Waals surface area contributed by atoms with E-state index in [2.05, 4.69) is 0 Å². The van der Waals surface area contributed by atoms with Gasteiger partial charge in [-0.25, -0.2) is 8.42 Å². The number of nitro benzene ring substituents is 1. The minimum absolute atomic E-state index is 0.265. The van der Waals surface area contributed by atoms with Gasteiger partial charge in [-0.05, 0) is 13.0 Å². The molecule has 0 radical (unpaired) electrons. The summed E-state index contributed by atoms with van der Waals surface area (Å²) in [4.78, 5) is 8.55. The van der Waals surface area contributed by atoms with Gasteiger partial charge < -0.3 is 0 Å². The molecule has 0 saturated heterocycles. The Hall–Kier alpha value is -1.35. The zero-order valence-corrected chi connectivity index (χ0v) is 10.2. The van der Waals surface area contributed by atoms with E-state index in [0.29, 0.717) is 0 Å². The van der Waals surface area contributed by atoms with Gasteiger partial charge in [0.05, 0.1) is 15.4 Å². The molecule has 0 atom stereocenters.